The Morgan fingerprint density at radius 3 is 2.64 bits per heavy atom. The largest absolute Gasteiger partial charge is 0.393 e. The maximum Gasteiger partial charge on any atom is 0.233 e. The van der Waals surface area contributed by atoms with Crippen molar-refractivity contribution in [2.75, 3.05) is 19.6 Å². The second kappa shape index (κ2) is 8.97. The Labute approximate surface area is 86.1 Å². The van der Waals surface area contributed by atoms with E-state index in [1.165, 1.54) is 0 Å². The fourth-order valence-electron chi connectivity index (χ4n) is 1.02. The van der Waals surface area contributed by atoms with Gasteiger partial charge in [0.15, 0.2) is 0 Å². The van der Waals surface area contributed by atoms with Crippen molar-refractivity contribution in [3.63, 3.8) is 0 Å². The Hall–Kier alpha value is -0.610. The average Bonchev–Trinajstić information content (AvgIpc) is 2.18. The zero-order valence-electron chi connectivity index (χ0n) is 9.18. The molecule has 84 valence electrons. The summed E-state index contributed by atoms with van der Waals surface area (Å²) in [5, 5.41) is 15.0. The van der Waals surface area contributed by atoms with Gasteiger partial charge in [0.25, 0.3) is 0 Å². The first-order valence-corrected chi connectivity index (χ1v) is 5.36. The summed E-state index contributed by atoms with van der Waals surface area (Å²) in [6.45, 7) is 5.78. The predicted molar refractivity (Wildman–Crippen MR) is 57.1 cm³/mol. The van der Waals surface area contributed by atoms with Crippen molar-refractivity contribution in [2.45, 2.75) is 39.2 Å². The molecule has 0 rings (SSSR count). The monoisotopic (exact) mass is 202 g/mol. The molecule has 0 aromatic rings. The van der Waals surface area contributed by atoms with E-state index >= 15 is 0 Å². The van der Waals surface area contributed by atoms with Crippen LogP contribution in [0.4, 0.5) is 0 Å². The topological polar surface area (TPSA) is 61.4 Å². The van der Waals surface area contributed by atoms with Gasteiger partial charge in [-0.1, -0.05) is 13.8 Å². The lowest BCUT2D eigenvalue weighted by Crippen LogP contribution is -2.35. The minimum atomic E-state index is -0.293. The SMILES string of the molecule is CCCNCC(=O)NCCC(O)CC. The molecule has 0 radical (unpaired) electrons. The van der Waals surface area contributed by atoms with Crippen LogP contribution in [0.1, 0.15) is 33.1 Å². The zero-order valence-corrected chi connectivity index (χ0v) is 9.18. The van der Waals surface area contributed by atoms with Crippen molar-refractivity contribution in [3.05, 3.63) is 0 Å². The molecule has 1 unspecified atom stereocenters. The van der Waals surface area contributed by atoms with Gasteiger partial charge in [-0.25, -0.2) is 0 Å². The Kier molecular flexibility index (Phi) is 8.57. The Morgan fingerprint density at radius 1 is 1.36 bits per heavy atom. The highest BCUT2D eigenvalue weighted by molar-refractivity contribution is 5.77. The summed E-state index contributed by atoms with van der Waals surface area (Å²) in [7, 11) is 0. The van der Waals surface area contributed by atoms with Gasteiger partial charge in [0.05, 0.1) is 12.6 Å². The van der Waals surface area contributed by atoms with Gasteiger partial charge in [-0.2, -0.15) is 0 Å². The number of carbonyl (C=O) groups is 1. The molecular formula is C10H22N2O2. The fourth-order valence-corrected chi connectivity index (χ4v) is 1.02. The number of rotatable bonds is 8. The van der Waals surface area contributed by atoms with Crippen LogP contribution in [0.25, 0.3) is 0 Å². The van der Waals surface area contributed by atoms with Gasteiger partial charge in [-0.3, -0.25) is 4.79 Å². The summed E-state index contributed by atoms with van der Waals surface area (Å²) in [5.74, 6) is 0.00162. The quantitative estimate of drug-likeness (QED) is 0.495. The summed E-state index contributed by atoms with van der Waals surface area (Å²) in [6, 6.07) is 0. The van der Waals surface area contributed by atoms with Crippen LogP contribution in [0.2, 0.25) is 0 Å². The van der Waals surface area contributed by atoms with E-state index < -0.39 is 0 Å². The lowest BCUT2D eigenvalue weighted by Gasteiger charge is -2.09. The number of aliphatic hydroxyl groups excluding tert-OH is 1. The van der Waals surface area contributed by atoms with Crippen molar-refractivity contribution in [1.82, 2.24) is 10.6 Å². The van der Waals surface area contributed by atoms with Crippen LogP contribution in [-0.4, -0.2) is 36.8 Å². The lowest BCUT2D eigenvalue weighted by atomic mass is 10.2. The molecule has 1 amide bonds. The molecule has 3 N–H and O–H groups in total. The van der Waals surface area contributed by atoms with Crippen molar-refractivity contribution in [3.8, 4) is 0 Å². The lowest BCUT2D eigenvalue weighted by molar-refractivity contribution is -0.120. The molecular weight excluding hydrogens is 180 g/mol. The van der Waals surface area contributed by atoms with Crippen LogP contribution >= 0.6 is 0 Å². The summed E-state index contributed by atoms with van der Waals surface area (Å²) in [4.78, 5) is 11.1. The number of amides is 1. The third kappa shape index (κ3) is 8.01. The smallest absolute Gasteiger partial charge is 0.233 e. The van der Waals surface area contributed by atoms with Crippen molar-refractivity contribution < 1.29 is 9.90 Å². The highest BCUT2D eigenvalue weighted by Gasteiger charge is 2.02. The Morgan fingerprint density at radius 2 is 2.07 bits per heavy atom. The molecule has 0 bridgehead atoms. The Bertz CT molecular complexity index is 151. The van der Waals surface area contributed by atoms with E-state index in [9.17, 15) is 9.90 Å². The van der Waals surface area contributed by atoms with E-state index in [1.807, 2.05) is 6.92 Å². The third-order valence-corrected chi connectivity index (χ3v) is 1.98. The molecule has 0 spiro atoms. The van der Waals surface area contributed by atoms with Crippen LogP contribution < -0.4 is 10.6 Å². The fraction of sp³-hybridized carbons (Fsp3) is 0.900. The molecule has 4 heteroatoms. The average molecular weight is 202 g/mol. The molecule has 14 heavy (non-hydrogen) atoms. The van der Waals surface area contributed by atoms with Gasteiger partial charge < -0.3 is 15.7 Å². The minimum Gasteiger partial charge on any atom is -0.393 e. The van der Waals surface area contributed by atoms with Crippen LogP contribution in [0.5, 0.6) is 0 Å². The van der Waals surface area contributed by atoms with Gasteiger partial charge in [0.1, 0.15) is 0 Å². The normalized spacial score (nSPS) is 12.5. The van der Waals surface area contributed by atoms with Crippen molar-refractivity contribution >= 4 is 5.91 Å². The summed E-state index contributed by atoms with van der Waals surface area (Å²) in [5.41, 5.74) is 0. The molecule has 0 aliphatic rings. The van der Waals surface area contributed by atoms with E-state index in [0.29, 0.717) is 19.5 Å². The molecule has 0 saturated carbocycles. The minimum absolute atomic E-state index is 0.00162. The molecule has 0 heterocycles. The maximum atomic E-state index is 11.1. The maximum absolute atomic E-state index is 11.1. The standard InChI is InChI=1S/C10H22N2O2/c1-3-6-11-8-10(14)12-7-5-9(13)4-2/h9,11,13H,3-8H2,1-2H3,(H,12,14). The van der Waals surface area contributed by atoms with Crippen LogP contribution in [0.15, 0.2) is 0 Å². The van der Waals surface area contributed by atoms with E-state index in [-0.39, 0.29) is 12.0 Å². The zero-order chi connectivity index (χ0) is 10.8. The van der Waals surface area contributed by atoms with Gasteiger partial charge in [-0.15, -0.1) is 0 Å². The first-order valence-electron chi connectivity index (χ1n) is 5.36. The number of hydrogen-bond acceptors (Lipinski definition) is 3. The van der Waals surface area contributed by atoms with E-state index in [4.69, 9.17) is 0 Å². The van der Waals surface area contributed by atoms with Crippen LogP contribution in [0, 0.1) is 0 Å². The van der Waals surface area contributed by atoms with E-state index in [0.717, 1.165) is 19.4 Å². The highest BCUT2D eigenvalue weighted by Crippen LogP contribution is 1.93. The molecule has 0 aliphatic heterocycles. The van der Waals surface area contributed by atoms with Gasteiger partial charge in [-0.05, 0) is 25.8 Å². The number of nitrogens with one attached hydrogen (secondary N) is 2. The molecule has 0 aromatic heterocycles. The van der Waals surface area contributed by atoms with Gasteiger partial charge >= 0.3 is 0 Å². The molecule has 0 aliphatic carbocycles. The molecule has 1 atom stereocenters. The number of hydrogen-bond donors (Lipinski definition) is 3. The van der Waals surface area contributed by atoms with Crippen LogP contribution in [0.3, 0.4) is 0 Å². The van der Waals surface area contributed by atoms with Crippen LogP contribution in [-0.2, 0) is 4.79 Å². The molecule has 0 fully saturated rings. The van der Waals surface area contributed by atoms with E-state index in [1.54, 1.807) is 0 Å². The second-order valence-corrected chi connectivity index (χ2v) is 3.38. The summed E-state index contributed by atoms with van der Waals surface area (Å²) < 4.78 is 0. The van der Waals surface area contributed by atoms with Crippen molar-refractivity contribution in [1.29, 1.82) is 0 Å². The van der Waals surface area contributed by atoms with Crippen molar-refractivity contribution in [2.24, 2.45) is 0 Å². The van der Waals surface area contributed by atoms with Gasteiger partial charge in [0, 0.05) is 6.54 Å². The summed E-state index contributed by atoms with van der Waals surface area (Å²) in [6.07, 6.45) is 2.11. The molecule has 0 saturated heterocycles. The highest BCUT2D eigenvalue weighted by atomic mass is 16.3. The molecule has 4 nitrogen and oxygen atoms in total. The summed E-state index contributed by atoms with van der Waals surface area (Å²) >= 11 is 0. The predicted octanol–water partition coefficient (Wildman–Crippen LogP) is 0.263. The number of aliphatic hydroxyl groups is 1. The Balaban J connectivity index is 3.26. The van der Waals surface area contributed by atoms with E-state index in [2.05, 4.69) is 17.6 Å². The first-order chi connectivity index (χ1) is 6.70. The number of carbonyl (C=O) groups excluding carboxylic acids is 1. The molecule has 0 aromatic carbocycles. The third-order valence-electron chi connectivity index (χ3n) is 1.98. The second-order valence-electron chi connectivity index (χ2n) is 3.38. The van der Waals surface area contributed by atoms with Gasteiger partial charge in [0.2, 0.25) is 5.91 Å². The first kappa shape index (κ1) is 13.4.